The molecule has 0 amide bonds. The fourth-order valence-electron chi connectivity index (χ4n) is 3.19. The van der Waals surface area contributed by atoms with Crippen LogP contribution in [-0.4, -0.2) is 28.0 Å². The number of aliphatic carboxylic acids is 1. The summed E-state index contributed by atoms with van der Waals surface area (Å²) in [6.45, 7) is 4.38. The SMILES string of the molecule is CCCCCCCCCCCC(CC(=O)O)OC(=O)C(Br)CCCCCC. The van der Waals surface area contributed by atoms with E-state index in [-0.39, 0.29) is 17.2 Å². The smallest absolute Gasteiger partial charge is 0.320 e. The number of carboxylic acids is 1. The van der Waals surface area contributed by atoms with Crippen molar-refractivity contribution in [1.82, 2.24) is 0 Å². The summed E-state index contributed by atoms with van der Waals surface area (Å²) in [5, 5.41) is 9.08. The molecule has 160 valence electrons. The molecule has 5 heteroatoms. The molecule has 0 bridgehead atoms. The number of ether oxygens (including phenoxy) is 1. The lowest BCUT2D eigenvalue weighted by Crippen LogP contribution is -2.26. The van der Waals surface area contributed by atoms with E-state index in [2.05, 4.69) is 29.8 Å². The Hall–Kier alpha value is -0.580. The van der Waals surface area contributed by atoms with Crippen LogP contribution in [0, 0.1) is 0 Å². The van der Waals surface area contributed by atoms with Gasteiger partial charge in [-0.1, -0.05) is 107 Å². The lowest BCUT2D eigenvalue weighted by Gasteiger charge is -2.18. The second-order valence-corrected chi connectivity index (χ2v) is 8.70. The normalized spacial score (nSPS) is 13.3. The minimum Gasteiger partial charge on any atom is -0.481 e. The zero-order chi connectivity index (χ0) is 20.3. The second kappa shape index (κ2) is 18.8. The van der Waals surface area contributed by atoms with Crippen molar-refractivity contribution < 1.29 is 19.4 Å². The van der Waals surface area contributed by atoms with Crippen LogP contribution in [0.2, 0.25) is 0 Å². The number of unbranched alkanes of at least 4 members (excludes halogenated alkanes) is 11. The predicted octanol–water partition coefficient (Wildman–Crippen LogP) is 7.03. The first-order valence-corrected chi connectivity index (χ1v) is 12.0. The first kappa shape index (κ1) is 26.4. The lowest BCUT2D eigenvalue weighted by atomic mass is 10.0. The van der Waals surface area contributed by atoms with Crippen molar-refractivity contribution in [3.8, 4) is 0 Å². The summed E-state index contributed by atoms with van der Waals surface area (Å²) in [6, 6.07) is 0. The molecule has 0 aromatic rings. The third kappa shape index (κ3) is 17.3. The highest BCUT2D eigenvalue weighted by molar-refractivity contribution is 9.10. The second-order valence-electron chi connectivity index (χ2n) is 7.59. The van der Waals surface area contributed by atoms with Gasteiger partial charge in [-0.15, -0.1) is 0 Å². The quantitative estimate of drug-likeness (QED) is 0.131. The Morgan fingerprint density at radius 1 is 0.778 bits per heavy atom. The number of esters is 1. The van der Waals surface area contributed by atoms with Gasteiger partial charge in [0.05, 0.1) is 6.42 Å². The van der Waals surface area contributed by atoms with Crippen LogP contribution in [0.3, 0.4) is 0 Å². The fraction of sp³-hybridized carbons (Fsp3) is 0.909. The van der Waals surface area contributed by atoms with Gasteiger partial charge in [-0.05, 0) is 19.3 Å². The highest BCUT2D eigenvalue weighted by atomic mass is 79.9. The fourth-order valence-corrected chi connectivity index (χ4v) is 3.62. The zero-order valence-electron chi connectivity index (χ0n) is 17.5. The van der Waals surface area contributed by atoms with E-state index in [4.69, 9.17) is 9.84 Å². The number of rotatable bonds is 19. The molecular formula is C22H41BrO4. The average Bonchev–Trinajstić information content (AvgIpc) is 2.63. The zero-order valence-corrected chi connectivity index (χ0v) is 19.1. The van der Waals surface area contributed by atoms with Crippen LogP contribution in [0.15, 0.2) is 0 Å². The molecule has 0 aromatic heterocycles. The molecule has 0 rings (SSSR count). The maximum atomic E-state index is 12.2. The Morgan fingerprint density at radius 3 is 1.74 bits per heavy atom. The van der Waals surface area contributed by atoms with Gasteiger partial charge in [0.15, 0.2) is 0 Å². The summed E-state index contributed by atoms with van der Waals surface area (Å²) in [6.07, 6.45) is 16.2. The molecule has 0 aliphatic carbocycles. The lowest BCUT2D eigenvalue weighted by molar-refractivity contribution is -0.152. The Balaban J connectivity index is 3.98. The van der Waals surface area contributed by atoms with Gasteiger partial charge in [0.1, 0.15) is 10.9 Å². The van der Waals surface area contributed by atoms with Crippen LogP contribution in [0.5, 0.6) is 0 Å². The minimum absolute atomic E-state index is 0.0989. The van der Waals surface area contributed by atoms with Crippen LogP contribution >= 0.6 is 15.9 Å². The summed E-state index contributed by atoms with van der Waals surface area (Å²) < 4.78 is 5.49. The maximum Gasteiger partial charge on any atom is 0.320 e. The summed E-state index contributed by atoms with van der Waals surface area (Å²) in [4.78, 5) is 22.9. The van der Waals surface area contributed by atoms with E-state index >= 15 is 0 Å². The van der Waals surface area contributed by atoms with Crippen molar-refractivity contribution in [1.29, 1.82) is 0 Å². The van der Waals surface area contributed by atoms with E-state index in [1.807, 2.05) is 0 Å². The third-order valence-corrected chi connectivity index (χ3v) is 5.71. The molecule has 0 saturated heterocycles. The molecule has 27 heavy (non-hydrogen) atoms. The number of alkyl halides is 1. The van der Waals surface area contributed by atoms with Crippen molar-refractivity contribution in [2.24, 2.45) is 0 Å². The summed E-state index contributed by atoms with van der Waals surface area (Å²) >= 11 is 3.40. The maximum absolute atomic E-state index is 12.2. The number of hydrogen-bond donors (Lipinski definition) is 1. The minimum atomic E-state index is -0.905. The van der Waals surface area contributed by atoms with Crippen molar-refractivity contribution in [3.05, 3.63) is 0 Å². The largest absolute Gasteiger partial charge is 0.481 e. The van der Waals surface area contributed by atoms with E-state index in [1.54, 1.807) is 0 Å². The monoisotopic (exact) mass is 448 g/mol. The molecule has 0 saturated carbocycles. The molecule has 0 aromatic carbocycles. The Kier molecular flexibility index (Phi) is 18.4. The molecule has 1 N–H and O–H groups in total. The van der Waals surface area contributed by atoms with Gasteiger partial charge in [-0.3, -0.25) is 9.59 Å². The van der Waals surface area contributed by atoms with Crippen molar-refractivity contribution in [3.63, 3.8) is 0 Å². The number of carboxylic acid groups (broad SMARTS) is 1. The molecular weight excluding hydrogens is 408 g/mol. The van der Waals surface area contributed by atoms with Gasteiger partial charge >= 0.3 is 11.9 Å². The molecule has 0 aliphatic rings. The molecule has 0 radical (unpaired) electrons. The van der Waals surface area contributed by atoms with Crippen molar-refractivity contribution in [2.75, 3.05) is 0 Å². The van der Waals surface area contributed by atoms with Crippen LogP contribution in [0.4, 0.5) is 0 Å². The highest BCUT2D eigenvalue weighted by Crippen LogP contribution is 2.18. The number of carbonyl (C=O) groups is 2. The molecule has 0 spiro atoms. The summed E-state index contributed by atoms with van der Waals surface area (Å²) in [7, 11) is 0. The standard InChI is InChI=1S/C22H41BrO4/c1-3-5-7-9-10-11-12-13-14-16-19(18-21(24)25)27-22(26)20(23)17-15-8-6-4-2/h19-20H,3-18H2,1-2H3,(H,24,25). The van der Waals surface area contributed by atoms with E-state index in [1.165, 1.54) is 51.4 Å². The number of halogens is 1. The summed E-state index contributed by atoms with van der Waals surface area (Å²) in [5.41, 5.74) is 0. The third-order valence-electron chi connectivity index (χ3n) is 4.88. The Bertz CT molecular complexity index is 373. The van der Waals surface area contributed by atoms with Crippen LogP contribution in [0.1, 0.15) is 117 Å². The van der Waals surface area contributed by atoms with Gasteiger partial charge in [-0.25, -0.2) is 0 Å². The number of hydrogen-bond acceptors (Lipinski definition) is 3. The molecule has 4 nitrogen and oxygen atoms in total. The highest BCUT2D eigenvalue weighted by Gasteiger charge is 2.22. The van der Waals surface area contributed by atoms with Crippen molar-refractivity contribution in [2.45, 2.75) is 128 Å². The molecule has 2 unspecified atom stereocenters. The van der Waals surface area contributed by atoms with Crippen LogP contribution in [-0.2, 0) is 14.3 Å². The van der Waals surface area contributed by atoms with Gasteiger partial charge in [-0.2, -0.15) is 0 Å². The van der Waals surface area contributed by atoms with E-state index in [0.29, 0.717) is 6.42 Å². The van der Waals surface area contributed by atoms with Gasteiger partial charge in [0.25, 0.3) is 0 Å². The summed E-state index contributed by atoms with van der Waals surface area (Å²) in [5.74, 6) is -1.22. The Morgan fingerprint density at radius 2 is 1.22 bits per heavy atom. The average molecular weight is 449 g/mol. The molecule has 2 atom stereocenters. The topological polar surface area (TPSA) is 63.6 Å². The predicted molar refractivity (Wildman–Crippen MR) is 115 cm³/mol. The first-order chi connectivity index (χ1) is 13.0. The number of carbonyl (C=O) groups excluding carboxylic acids is 1. The Labute approximate surface area is 175 Å². The van der Waals surface area contributed by atoms with Gasteiger partial charge in [0.2, 0.25) is 0 Å². The molecule has 0 aliphatic heterocycles. The molecule has 0 heterocycles. The van der Waals surface area contributed by atoms with E-state index in [0.717, 1.165) is 38.5 Å². The molecule has 0 fully saturated rings. The van der Waals surface area contributed by atoms with Gasteiger partial charge in [0, 0.05) is 0 Å². The van der Waals surface area contributed by atoms with E-state index in [9.17, 15) is 9.59 Å². The van der Waals surface area contributed by atoms with Crippen molar-refractivity contribution >= 4 is 27.9 Å². The van der Waals surface area contributed by atoms with Gasteiger partial charge < -0.3 is 9.84 Å². The first-order valence-electron chi connectivity index (χ1n) is 11.1. The van der Waals surface area contributed by atoms with E-state index < -0.39 is 12.1 Å². The van der Waals surface area contributed by atoms with Crippen LogP contribution < -0.4 is 0 Å². The van der Waals surface area contributed by atoms with Crippen LogP contribution in [0.25, 0.3) is 0 Å².